The molecule has 0 atom stereocenters. The topological polar surface area (TPSA) is 107 Å². The van der Waals surface area contributed by atoms with Gasteiger partial charge in [-0.25, -0.2) is 0 Å². The van der Waals surface area contributed by atoms with Gasteiger partial charge in [-0.1, -0.05) is 17.8 Å². The molecule has 0 unspecified atom stereocenters. The van der Waals surface area contributed by atoms with Crippen LogP contribution in [0, 0.1) is 0 Å². The highest BCUT2D eigenvalue weighted by Gasteiger charge is 2.13. The van der Waals surface area contributed by atoms with Gasteiger partial charge < -0.3 is 8.83 Å². The van der Waals surface area contributed by atoms with Crippen molar-refractivity contribution in [3.05, 3.63) is 48.7 Å². The number of nitrogens with zero attached hydrogens (tertiary/aromatic N) is 5. The first kappa shape index (κ1) is 13.7. The Bertz CT molecular complexity index is 887. The molecule has 1 N–H and O–H groups in total. The number of rotatable bonds is 5. The number of furan rings is 1. The minimum Gasteiger partial charge on any atom is -0.459 e. The van der Waals surface area contributed by atoms with E-state index in [2.05, 4.69) is 30.4 Å². The summed E-state index contributed by atoms with van der Waals surface area (Å²) in [5, 5.41) is 15.5. The van der Waals surface area contributed by atoms with Crippen molar-refractivity contribution in [2.24, 2.45) is 0 Å². The van der Waals surface area contributed by atoms with Gasteiger partial charge in [-0.2, -0.15) is 4.98 Å². The molecule has 0 fully saturated rings. The first-order chi connectivity index (χ1) is 11.4. The molecule has 0 radical (unpaired) electrons. The predicted octanol–water partition coefficient (Wildman–Crippen LogP) is 2.80. The number of nitrogens with one attached hydrogen (secondary N) is 1. The first-order valence-corrected chi connectivity index (χ1v) is 7.70. The number of thioether (sulfide) groups is 1. The van der Waals surface area contributed by atoms with Crippen LogP contribution in [0.4, 0.5) is 0 Å². The monoisotopic (exact) mass is 326 g/mol. The molecule has 4 heterocycles. The standard InChI is InChI=1S/C14H10N6O2S/c1-2-6-15-9(4-1)12-16-14(20-18-12)23-8-11-17-19-13(22-11)10-5-3-7-21-10/h1-7H,8H2,(H,16,18,20). The third-order valence-electron chi connectivity index (χ3n) is 2.90. The van der Waals surface area contributed by atoms with E-state index in [-0.39, 0.29) is 0 Å². The Hall–Kier alpha value is -2.94. The molecular weight excluding hydrogens is 316 g/mol. The van der Waals surface area contributed by atoms with Crippen molar-refractivity contribution >= 4 is 11.8 Å². The molecule has 23 heavy (non-hydrogen) atoms. The molecule has 0 aliphatic carbocycles. The van der Waals surface area contributed by atoms with E-state index in [4.69, 9.17) is 8.83 Å². The van der Waals surface area contributed by atoms with Crippen molar-refractivity contribution in [2.75, 3.05) is 0 Å². The van der Waals surface area contributed by atoms with Crippen LogP contribution >= 0.6 is 11.8 Å². The van der Waals surface area contributed by atoms with Gasteiger partial charge in [-0.15, -0.1) is 15.3 Å². The Kier molecular flexibility index (Phi) is 3.60. The van der Waals surface area contributed by atoms with E-state index in [1.54, 1.807) is 24.6 Å². The Balaban J connectivity index is 1.43. The molecule has 0 aromatic carbocycles. The SMILES string of the molecule is c1ccc(-c2nc(SCc3nnc(-c4ccco4)o3)n[nH]2)nc1. The maximum absolute atomic E-state index is 5.53. The number of aromatic amines is 1. The fourth-order valence-corrected chi connectivity index (χ4v) is 2.50. The summed E-state index contributed by atoms with van der Waals surface area (Å²) in [6.07, 6.45) is 3.26. The quantitative estimate of drug-likeness (QED) is 0.558. The van der Waals surface area contributed by atoms with Crippen LogP contribution in [0.1, 0.15) is 5.89 Å². The van der Waals surface area contributed by atoms with E-state index in [1.807, 2.05) is 18.2 Å². The lowest BCUT2D eigenvalue weighted by Crippen LogP contribution is -1.84. The summed E-state index contributed by atoms with van der Waals surface area (Å²) in [6, 6.07) is 9.14. The molecule has 0 aliphatic heterocycles. The third kappa shape index (κ3) is 2.99. The molecule has 0 saturated heterocycles. The van der Waals surface area contributed by atoms with Crippen LogP contribution in [-0.2, 0) is 5.75 Å². The summed E-state index contributed by atoms with van der Waals surface area (Å²) >= 11 is 1.39. The van der Waals surface area contributed by atoms with Crippen LogP contribution in [0.2, 0.25) is 0 Å². The fraction of sp³-hybridized carbons (Fsp3) is 0.0714. The molecule has 0 spiro atoms. The molecule has 9 heteroatoms. The zero-order valence-electron chi connectivity index (χ0n) is 11.7. The first-order valence-electron chi connectivity index (χ1n) is 6.71. The van der Waals surface area contributed by atoms with Gasteiger partial charge in [0.25, 0.3) is 5.89 Å². The summed E-state index contributed by atoms with van der Waals surface area (Å²) in [5.74, 6) is 2.46. The summed E-state index contributed by atoms with van der Waals surface area (Å²) in [6.45, 7) is 0. The van der Waals surface area contributed by atoms with Crippen LogP contribution in [-0.4, -0.2) is 30.4 Å². The molecule has 0 saturated carbocycles. The average Bonchev–Trinajstić information content (AvgIpc) is 3.33. The Morgan fingerprint density at radius 3 is 2.96 bits per heavy atom. The van der Waals surface area contributed by atoms with Crippen molar-refractivity contribution in [1.29, 1.82) is 0 Å². The van der Waals surface area contributed by atoms with Crippen molar-refractivity contribution in [2.45, 2.75) is 10.9 Å². The summed E-state index contributed by atoms with van der Waals surface area (Å²) < 4.78 is 10.7. The van der Waals surface area contributed by atoms with Crippen molar-refractivity contribution in [3.8, 4) is 23.2 Å². The lowest BCUT2D eigenvalue weighted by atomic mass is 10.3. The van der Waals surface area contributed by atoms with Gasteiger partial charge in [0.15, 0.2) is 11.6 Å². The highest BCUT2D eigenvalue weighted by Crippen LogP contribution is 2.23. The molecule has 0 aliphatic rings. The highest BCUT2D eigenvalue weighted by molar-refractivity contribution is 7.98. The highest BCUT2D eigenvalue weighted by atomic mass is 32.2. The smallest absolute Gasteiger partial charge is 0.283 e. The Morgan fingerprint density at radius 1 is 1.13 bits per heavy atom. The van der Waals surface area contributed by atoms with E-state index in [0.29, 0.717) is 34.3 Å². The number of H-pyrrole nitrogens is 1. The van der Waals surface area contributed by atoms with E-state index in [0.717, 1.165) is 5.69 Å². The zero-order valence-corrected chi connectivity index (χ0v) is 12.5. The van der Waals surface area contributed by atoms with E-state index in [1.165, 1.54) is 11.8 Å². The average molecular weight is 326 g/mol. The molecular formula is C14H10N6O2S. The van der Waals surface area contributed by atoms with E-state index >= 15 is 0 Å². The largest absolute Gasteiger partial charge is 0.459 e. The second kappa shape index (κ2) is 6.05. The van der Waals surface area contributed by atoms with Gasteiger partial charge in [-0.3, -0.25) is 10.1 Å². The summed E-state index contributed by atoms with van der Waals surface area (Å²) in [5.41, 5.74) is 0.741. The second-order valence-corrected chi connectivity index (χ2v) is 5.39. The van der Waals surface area contributed by atoms with Crippen molar-refractivity contribution < 1.29 is 8.83 Å². The van der Waals surface area contributed by atoms with Crippen LogP contribution in [0.5, 0.6) is 0 Å². The van der Waals surface area contributed by atoms with Gasteiger partial charge in [0.1, 0.15) is 5.69 Å². The summed E-state index contributed by atoms with van der Waals surface area (Å²) in [4.78, 5) is 8.60. The minimum absolute atomic E-state index is 0.356. The van der Waals surface area contributed by atoms with Gasteiger partial charge in [-0.05, 0) is 24.3 Å². The number of aromatic nitrogens is 6. The normalized spacial score (nSPS) is 11.0. The van der Waals surface area contributed by atoms with Crippen LogP contribution in [0.15, 0.2) is 56.8 Å². The zero-order chi connectivity index (χ0) is 15.5. The summed E-state index contributed by atoms with van der Waals surface area (Å²) in [7, 11) is 0. The predicted molar refractivity (Wildman–Crippen MR) is 81.2 cm³/mol. The molecule has 8 nitrogen and oxygen atoms in total. The van der Waals surface area contributed by atoms with Crippen LogP contribution in [0.25, 0.3) is 23.2 Å². The van der Waals surface area contributed by atoms with Crippen molar-refractivity contribution in [1.82, 2.24) is 30.4 Å². The Morgan fingerprint density at radius 2 is 2.13 bits per heavy atom. The molecule has 0 amide bonds. The van der Waals surface area contributed by atoms with Gasteiger partial charge in [0.2, 0.25) is 11.0 Å². The lowest BCUT2D eigenvalue weighted by Gasteiger charge is -1.92. The van der Waals surface area contributed by atoms with Crippen LogP contribution < -0.4 is 0 Å². The molecule has 4 aromatic rings. The number of hydrogen-bond donors (Lipinski definition) is 1. The maximum Gasteiger partial charge on any atom is 0.283 e. The van der Waals surface area contributed by atoms with Crippen molar-refractivity contribution in [3.63, 3.8) is 0 Å². The van der Waals surface area contributed by atoms with Gasteiger partial charge in [0, 0.05) is 6.20 Å². The molecule has 0 bridgehead atoms. The second-order valence-electron chi connectivity index (χ2n) is 4.45. The number of hydrogen-bond acceptors (Lipinski definition) is 8. The van der Waals surface area contributed by atoms with E-state index in [9.17, 15) is 0 Å². The maximum atomic E-state index is 5.53. The fourth-order valence-electron chi connectivity index (χ4n) is 1.87. The number of pyridine rings is 1. The van der Waals surface area contributed by atoms with Crippen LogP contribution in [0.3, 0.4) is 0 Å². The van der Waals surface area contributed by atoms with Gasteiger partial charge in [0.05, 0.1) is 12.0 Å². The third-order valence-corrected chi connectivity index (χ3v) is 3.73. The minimum atomic E-state index is 0.356. The molecule has 114 valence electrons. The van der Waals surface area contributed by atoms with Gasteiger partial charge >= 0.3 is 0 Å². The lowest BCUT2D eigenvalue weighted by molar-refractivity contribution is 0.494. The Labute approximate surface area is 134 Å². The van der Waals surface area contributed by atoms with E-state index < -0.39 is 0 Å². The molecule has 4 aromatic heterocycles. The molecule has 4 rings (SSSR count).